The number of hydrogen-bond acceptors (Lipinski definition) is 6. The number of amides is 1. The third-order valence-electron chi connectivity index (χ3n) is 5.10. The zero-order chi connectivity index (χ0) is 21.3. The first-order valence-corrected chi connectivity index (χ1v) is 10.3. The maximum Gasteiger partial charge on any atom is 0.433 e. The van der Waals surface area contributed by atoms with Crippen LogP contribution in [0.15, 0.2) is 36.2 Å². The Kier molecular flexibility index (Phi) is 5.54. The predicted molar refractivity (Wildman–Crippen MR) is 104 cm³/mol. The van der Waals surface area contributed by atoms with Crippen LogP contribution in [0.25, 0.3) is 10.6 Å². The molecule has 1 saturated heterocycles. The number of carbonyl (C=O) groups is 1. The van der Waals surface area contributed by atoms with Gasteiger partial charge in [0.2, 0.25) is 5.91 Å². The predicted octanol–water partition coefficient (Wildman–Crippen LogP) is 3.78. The lowest BCUT2D eigenvalue weighted by Crippen LogP contribution is -2.42. The molecule has 30 heavy (non-hydrogen) atoms. The molecule has 1 aliphatic heterocycles. The molecule has 0 aromatic carbocycles. The molecule has 2 atom stereocenters. The Morgan fingerprint density at radius 3 is 2.83 bits per heavy atom. The van der Waals surface area contributed by atoms with Crippen LogP contribution in [-0.4, -0.2) is 48.6 Å². The van der Waals surface area contributed by atoms with Gasteiger partial charge in [-0.25, -0.2) is 19.6 Å². The molecule has 1 aliphatic rings. The second kappa shape index (κ2) is 8.13. The fourth-order valence-electron chi connectivity index (χ4n) is 3.53. The molecule has 3 aromatic heterocycles. The lowest BCUT2D eigenvalue weighted by Gasteiger charge is -2.33. The van der Waals surface area contributed by atoms with Gasteiger partial charge >= 0.3 is 6.18 Å². The van der Waals surface area contributed by atoms with Crippen molar-refractivity contribution in [2.75, 3.05) is 13.1 Å². The van der Waals surface area contributed by atoms with E-state index in [-0.39, 0.29) is 29.9 Å². The Bertz CT molecular complexity index is 1010. The summed E-state index contributed by atoms with van der Waals surface area (Å²) >= 11 is 1.32. The number of nitrogens with zero attached hydrogens (tertiary/aromatic N) is 6. The fraction of sp³-hybridized carbons (Fsp3) is 0.421. The van der Waals surface area contributed by atoms with E-state index in [1.54, 1.807) is 29.3 Å². The number of carbonyl (C=O) groups excluding carboxylic acids is 1. The molecule has 4 rings (SSSR count). The van der Waals surface area contributed by atoms with Gasteiger partial charge in [-0.1, -0.05) is 6.07 Å². The van der Waals surface area contributed by atoms with Gasteiger partial charge in [0.1, 0.15) is 30.2 Å². The van der Waals surface area contributed by atoms with E-state index in [2.05, 4.69) is 20.1 Å². The summed E-state index contributed by atoms with van der Waals surface area (Å²) in [5, 5.41) is 5.79. The van der Waals surface area contributed by atoms with Crippen LogP contribution in [-0.2, 0) is 11.0 Å². The van der Waals surface area contributed by atoms with Crippen molar-refractivity contribution in [3.8, 4) is 10.6 Å². The normalized spacial score (nSPS) is 18.4. The molecule has 0 unspecified atom stereocenters. The van der Waals surface area contributed by atoms with E-state index in [4.69, 9.17) is 0 Å². The van der Waals surface area contributed by atoms with E-state index >= 15 is 0 Å². The molecule has 0 aliphatic carbocycles. The van der Waals surface area contributed by atoms with E-state index in [9.17, 15) is 18.0 Å². The van der Waals surface area contributed by atoms with Gasteiger partial charge < -0.3 is 4.90 Å². The zero-order valence-corrected chi connectivity index (χ0v) is 16.9. The Morgan fingerprint density at radius 1 is 1.33 bits per heavy atom. The number of alkyl halides is 3. The molecule has 158 valence electrons. The summed E-state index contributed by atoms with van der Waals surface area (Å²) in [5.41, 5.74) is -0.711. The maximum atomic E-state index is 13.5. The molecule has 3 aromatic rings. The summed E-state index contributed by atoms with van der Waals surface area (Å²) in [4.78, 5) is 27.3. The third kappa shape index (κ3) is 4.20. The zero-order valence-electron chi connectivity index (χ0n) is 16.1. The molecule has 0 spiro atoms. The Balaban J connectivity index is 1.61. The van der Waals surface area contributed by atoms with E-state index < -0.39 is 17.9 Å². The average Bonchev–Trinajstić information content (AvgIpc) is 3.46. The van der Waals surface area contributed by atoms with E-state index in [0.29, 0.717) is 24.3 Å². The molecule has 0 saturated carbocycles. The summed E-state index contributed by atoms with van der Waals surface area (Å²) < 4.78 is 41.8. The van der Waals surface area contributed by atoms with Crippen LogP contribution in [0, 0.1) is 0 Å². The molecule has 1 fully saturated rings. The van der Waals surface area contributed by atoms with Crippen molar-refractivity contribution in [1.29, 1.82) is 0 Å². The van der Waals surface area contributed by atoms with Gasteiger partial charge in [-0.3, -0.25) is 4.79 Å². The number of piperidine rings is 1. The quantitative estimate of drug-likeness (QED) is 0.622. The number of aromatic nitrogens is 5. The van der Waals surface area contributed by atoms with Crippen molar-refractivity contribution in [3.05, 3.63) is 47.8 Å². The standard InChI is InChI=1S/C19H19F3N6OS/c1-12(28-11-23-10-24-28)18(29)27-6-2-4-13(9-27)17-25-14(15-5-3-7-30-15)8-16(26-17)19(20,21)22/h3,5,7-8,10-13H,2,4,6,9H2,1H3/t12-,13+/m1/s1. The molecule has 0 bridgehead atoms. The highest BCUT2D eigenvalue weighted by atomic mass is 32.1. The van der Waals surface area contributed by atoms with Crippen molar-refractivity contribution in [1.82, 2.24) is 29.6 Å². The van der Waals surface area contributed by atoms with Gasteiger partial charge in [-0.05, 0) is 37.3 Å². The summed E-state index contributed by atoms with van der Waals surface area (Å²) in [6, 6.07) is 3.93. The first-order valence-electron chi connectivity index (χ1n) is 9.46. The first-order chi connectivity index (χ1) is 14.3. The van der Waals surface area contributed by atoms with Crippen LogP contribution >= 0.6 is 11.3 Å². The molecular formula is C19H19F3N6OS. The second-order valence-corrected chi connectivity index (χ2v) is 8.09. The number of likely N-dealkylation sites (tertiary alicyclic amines) is 1. The van der Waals surface area contributed by atoms with Crippen molar-refractivity contribution in [3.63, 3.8) is 0 Å². The second-order valence-electron chi connectivity index (χ2n) is 7.15. The number of halogens is 3. The summed E-state index contributed by atoms with van der Waals surface area (Å²) in [6.45, 7) is 2.52. The Labute approximate surface area is 174 Å². The molecular weight excluding hydrogens is 417 g/mol. The topological polar surface area (TPSA) is 76.8 Å². The van der Waals surface area contributed by atoms with Crippen LogP contribution in [0.4, 0.5) is 13.2 Å². The summed E-state index contributed by atoms with van der Waals surface area (Å²) in [6.07, 6.45) is -0.477. The molecule has 1 amide bonds. The average molecular weight is 436 g/mol. The van der Waals surface area contributed by atoms with Crippen LogP contribution in [0.5, 0.6) is 0 Å². The SMILES string of the molecule is C[C@H](C(=O)N1CCC[C@H](c2nc(-c3cccs3)cc(C(F)(F)F)n2)C1)n1cncn1. The van der Waals surface area contributed by atoms with E-state index in [1.807, 2.05) is 0 Å². The maximum absolute atomic E-state index is 13.5. The molecule has 0 radical (unpaired) electrons. The smallest absolute Gasteiger partial charge is 0.340 e. The van der Waals surface area contributed by atoms with Crippen LogP contribution in [0.3, 0.4) is 0 Å². The number of rotatable bonds is 4. The largest absolute Gasteiger partial charge is 0.433 e. The summed E-state index contributed by atoms with van der Waals surface area (Å²) in [7, 11) is 0. The Hall–Kier alpha value is -2.82. The fourth-order valence-corrected chi connectivity index (χ4v) is 4.21. The van der Waals surface area contributed by atoms with Gasteiger partial charge in [0.25, 0.3) is 0 Å². The highest BCUT2D eigenvalue weighted by molar-refractivity contribution is 7.13. The lowest BCUT2D eigenvalue weighted by atomic mass is 9.96. The first kappa shape index (κ1) is 20.5. The van der Waals surface area contributed by atoms with Gasteiger partial charge in [0.05, 0.1) is 10.6 Å². The highest BCUT2D eigenvalue weighted by Crippen LogP contribution is 2.34. The van der Waals surface area contributed by atoms with E-state index in [1.165, 1.54) is 28.7 Å². The number of hydrogen-bond donors (Lipinski definition) is 0. The van der Waals surface area contributed by atoms with Gasteiger partial charge in [0, 0.05) is 19.0 Å². The van der Waals surface area contributed by atoms with Gasteiger partial charge in [-0.15, -0.1) is 11.3 Å². The third-order valence-corrected chi connectivity index (χ3v) is 5.99. The monoisotopic (exact) mass is 436 g/mol. The molecule has 7 nitrogen and oxygen atoms in total. The van der Waals surface area contributed by atoms with Crippen molar-refractivity contribution in [2.24, 2.45) is 0 Å². The minimum absolute atomic E-state index is 0.124. The molecule has 4 heterocycles. The van der Waals surface area contributed by atoms with E-state index in [0.717, 1.165) is 6.07 Å². The number of thiophene rings is 1. The van der Waals surface area contributed by atoms with Crippen molar-refractivity contribution in [2.45, 2.75) is 37.9 Å². The minimum Gasteiger partial charge on any atom is -0.340 e. The van der Waals surface area contributed by atoms with Crippen molar-refractivity contribution >= 4 is 17.2 Å². The van der Waals surface area contributed by atoms with Gasteiger partial charge in [-0.2, -0.15) is 18.3 Å². The van der Waals surface area contributed by atoms with Crippen LogP contribution in [0.1, 0.15) is 43.2 Å². The molecule has 11 heteroatoms. The minimum atomic E-state index is -4.57. The highest BCUT2D eigenvalue weighted by Gasteiger charge is 2.36. The van der Waals surface area contributed by atoms with Crippen LogP contribution < -0.4 is 0 Å². The Morgan fingerprint density at radius 2 is 2.17 bits per heavy atom. The lowest BCUT2D eigenvalue weighted by molar-refractivity contribution is -0.141. The van der Waals surface area contributed by atoms with Crippen LogP contribution in [0.2, 0.25) is 0 Å². The molecule has 0 N–H and O–H groups in total. The summed E-state index contributed by atoms with van der Waals surface area (Å²) in [5.74, 6) is -0.401. The van der Waals surface area contributed by atoms with Gasteiger partial charge in [0.15, 0.2) is 0 Å². The van der Waals surface area contributed by atoms with Crippen molar-refractivity contribution < 1.29 is 18.0 Å².